The summed E-state index contributed by atoms with van der Waals surface area (Å²) in [6.45, 7) is 6.87. The second kappa shape index (κ2) is 12.6. The van der Waals surface area contributed by atoms with E-state index >= 15 is 0 Å². The van der Waals surface area contributed by atoms with Crippen LogP contribution in [0.15, 0.2) is 56.9 Å². The summed E-state index contributed by atoms with van der Waals surface area (Å²) in [5, 5.41) is 1.11. The molecular weight excluding hydrogens is 555 g/mol. The van der Waals surface area contributed by atoms with Gasteiger partial charge in [0.1, 0.15) is 25.3 Å². The van der Waals surface area contributed by atoms with Crippen molar-refractivity contribution in [2.24, 2.45) is 21.5 Å². The van der Waals surface area contributed by atoms with Gasteiger partial charge >= 0.3 is 0 Å². The standard InChI is InChI=1S/C13H17Cl2N3O.C11H14BrN3O/c1-8(2)18(6-9-7-19-13(16)17-9)10-3-4-11(14)12(15)5-10;1-15(6-9-7-16-11(13)14-9)10-4-2-8(12)3-5-10/h3-5,8-9H,6-7H2,1-2H3,(H2,16,17);2-5,9H,6-7H2,1H3,(H2,13,14)/t2*9-/m00/s1. The van der Waals surface area contributed by atoms with Crippen LogP contribution in [0.2, 0.25) is 10.0 Å². The number of ether oxygens (including phenoxy) is 2. The van der Waals surface area contributed by atoms with Gasteiger partial charge in [0.05, 0.1) is 10.0 Å². The predicted molar refractivity (Wildman–Crippen MR) is 149 cm³/mol. The van der Waals surface area contributed by atoms with Crippen LogP contribution in [-0.4, -0.2) is 63.5 Å². The van der Waals surface area contributed by atoms with E-state index in [9.17, 15) is 0 Å². The molecule has 0 saturated carbocycles. The zero-order valence-corrected chi connectivity index (χ0v) is 23.1. The van der Waals surface area contributed by atoms with E-state index in [0.717, 1.165) is 28.9 Å². The van der Waals surface area contributed by atoms with Gasteiger partial charge in [-0.15, -0.1) is 0 Å². The topological polar surface area (TPSA) is 102 Å². The van der Waals surface area contributed by atoms with Crippen LogP contribution < -0.4 is 21.3 Å². The number of amidine groups is 2. The van der Waals surface area contributed by atoms with E-state index < -0.39 is 0 Å². The summed E-state index contributed by atoms with van der Waals surface area (Å²) in [6.07, 6.45) is 0. The van der Waals surface area contributed by atoms with Gasteiger partial charge in [0.25, 0.3) is 12.0 Å². The zero-order chi connectivity index (χ0) is 25.5. The highest BCUT2D eigenvalue weighted by atomic mass is 79.9. The summed E-state index contributed by atoms with van der Waals surface area (Å²) in [5.74, 6) is 0. The number of nitrogens with two attached hydrogens (primary N) is 2. The molecule has 35 heavy (non-hydrogen) atoms. The van der Waals surface area contributed by atoms with Crippen LogP contribution in [0.4, 0.5) is 11.4 Å². The lowest BCUT2D eigenvalue weighted by molar-refractivity contribution is 0.312. The predicted octanol–water partition coefficient (Wildman–Crippen LogP) is 4.52. The summed E-state index contributed by atoms with van der Waals surface area (Å²) in [6, 6.07) is 14.9. The van der Waals surface area contributed by atoms with Crippen LogP contribution in [0.5, 0.6) is 0 Å². The Morgan fingerprint density at radius 2 is 1.46 bits per heavy atom. The van der Waals surface area contributed by atoms with Crippen molar-refractivity contribution >= 4 is 62.5 Å². The molecule has 0 spiro atoms. The number of hydrogen-bond acceptors (Lipinski definition) is 8. The SMILES string of the molecule is CC(C)N(C[C@H]1COC(N)=N1)c1ccc(Cl)c(Cl)c1.CN(C[C@H]1COC(N)=N1)c1ccc(Br)cc1. The molecule has 2 aromatic carbocycles. The van der Waals surface area contributed by atoms with E-state index in [4.69, 9.17) is 44.1 Å². The fourth-order valence-corrected chi connectivity index (χ4v) is 4.24. The van der Waals surface area contributed by atoms with Gasteiger partial charge in [-0.25, -0.2) is 9.98 Å². The first kappa shape index (κ1) is 27.2. The maximum absolute atomic E-state index is 6.07. The third-order valence-corrected chi connectivity index (χ3v) is 6.75. The number of rotatable bonds is 7. The Kier molecular flexibility index (Phi) is 9.77. The second-order valence-corrected chi connectivity index (χ2v) is 10.3. The normalized spacial score (nSPS) is 18.7. The number of halogens is 3. The second-order valence-electron chi connectivity index (χ2n) is 8.57. The van der Waals surface area contributed by atoms with Crippen LogP contribution in [0.3, 0.4) is 0 Å². The minimum atomic E-state index is 0.0526. The molecule has 2 aliphatic rings. The molecule has 0 fully saturated rings. The molecule has 2 aromatic rings. The first-order valence-electron chi connectivity index (χ1n) is 11.2. The summed E-state index contributed by atoms with van der Waals surface area (Å²) in [4.78, 5) is 12.8. The molecule has 0 radical (unpaired) electrons. The molecule has 190 valence electrons. The molecule has 4 N–H and O–H groups in total. The Hall–Kier alpha value is -2.36. The molecule has 2 heterocycles. The summed E-state index contributed by atoms with van der Waals surface area (Å²) in [7, 11) is 2.03. The Balaban J connectivity index is 0.000000198. The van der Waals surface area contributed by atoms with Crippen LogP contribution >= 0.6 is 39.1 Å². The van der Waals surface area contributed by atoms with Gasteiger partial charge in [-0.3, -0.25) is 0 Å². The average molecular weight is 586 g/mol. The minimum Gasteiger partial charge on any atom is -0.463 e. The van der Waals surface area contributed by atoms with Gasteiger partial charge in [0.15, 0.2) is 0 Å². The van der Waals surface area contributed by atoms with E-state index in [1.54, 1.807) is 6.07 Å². The number of likely N-dealkylation sites (N-methyl/N-ethyl adjacent to an activating group) is 1. The van der Waals surface area contributed by atoms with Gasteiger partial charge in [0, 0.05) is 42.0 Å². The largest absolute Gasteiger partial charge is 0.463 e. The van der Waals surface area contributed by atoms with E-state index in [1.165, 1.54) is 0 Å². The molecule has 2 atom stereocenters. The molecule has 0 saturated heterocycles. The first-order chi connectivity index (χ1) is 16.6. The zero-order valence-electron chi connectivity index (χ0n) is 20.0. The van der Waals surface area contributed by atoms with E-state index in [1.807, 2.05) is 31.3 Å². The lowest BCUT2D eigenvalue weighted by Crippen LogP contribution is -2.37. The molecule has 0 unspecified atom stereocenters. The molecule has 11 heteroatoms. The van der Waals surface area contributed by atoms with Crippen molar-refractivity contribution in [1.82, 2.24) is 0 Å². The smallest absolute Gasteiger partial charge is 0.282 e. The van der Waals surface area contributed by atoms with Crippen LogP contribution in [0.1, 0.15) is 13.8 Å². The Labute approximate surface area is 225 Å². The maximum atomic E-state index is 6.07. The number of benzene rings is 2. The Morgan fingerprint density at radius 3 is 1.94 bits per heavy atom. The van der Waals surface area contributed by atoms with Crippen molar-refractivity contribution < 1.29 is 9.47 Å². The third kappa shape index (κ3) is 8.08. The van der Waals surface area contributed by atoms with Gasteiger partial charge < -0.3 is 30.7 Å². The number of nitrogens with zero attached hydrogens (tertiary/aromatic N) is 4. The van der Waals surface area contributed by atoms with Crippen molar-refractivity contribution in [2.45, 2.75) is 32.0 Å². The van der Waals surface area contributed by atoms with Gasteiger partial charge in [-0.2, -0.15) is 0 Å². The van der Waals surface area contributed by atoms with Crippen LogP contribution in [-0.2, 0) is 9.47 Å². The van der Waals surface area contributed by atoms with Crippen molar-refractivity contribution in [3.8, 4) is 0 Å². The van der Waals surface area contributed by atoms with Crippen LogP contribution in [0, 0.1) is 0 Å². The molecule has 0 amide bonds. The maximum Gasteiger partial charge on any atom is 0.282 e. The van der Waals surface area contributed by atoms with Gasteiger partial charge in [-0.05, 0) is 56.3 Å². The fourth-order valence-electron chi connectivity index (χ4n) is 3.68. The van der Waals surface area contributed by atoms with Gasteiger partial charge in [-0.1, -0.05) is 39.1 Å². The van der Waals surface area contributed by atoms with Crippen LogP contribution in [0.25, 0.3) is 0 Å². The lowest BCUT2D eigenvalue weighted by Gasteiger charge is -2.30. The van der Waals surface area contributed by atoms with Crippen molar-refractivity contribution in [2.75, 3.05) is 43.2 Å². The highest BCUT2D eigenvalue weighted by Crippen LogP contribution is 2.28. The number of aliphatic imine (C=N–C) groups is 2. The first-order valence-corrected chi connectivity index (χ1v) is 12.8. The van der Waals surface area contributed by atoms with Gasteiger partial charge in [0.2, 0.25) is 0 Å². The monoisotopic (exact) mass is 584 g/mol. The minimum absolute atomic E-state index is 0.0526. The molecule has 4 rings (SSSR count). The molecular formula is C24H31BrCl2N6O2. The molecule has 0 bridgehead atoms. The highest BCUT2D eigenvalue weighted by Gasteiger charge is 2.22. The molecule has 0 aromatic heterocycles. The highest BCUT2D eigenvalue weighted by molar-refractivity contribution is 9.10. The van der Waals surface area contributed by atoms with Crippen molar-refractivity contribution in [3.63, 3.8) is 0 Å². The van der Waals surface area contributed by atoms with E-state index in [-0.39, 0.29) is 18.1 Å². The average Bonchev–Trinajstić information content (AvgIpc) is 3.42. The number of anilines is 2. The Bertz CT molecular complexity index is 1050. The van der Waals surface area contributed by atoms with Crippen molar-refractivity contribution in [1.29, 1.82) is 0 Å². The molecule has 8 nitrogen and oxygen atoms in total. The summed E-state index contributed by atoms with van der Waals surface area (Å²) >= 11 is 15.4. The quantitative estimate of drug-likeness (QED) is 0.495. The molecule has 2 aliphatic heterocycles. The Morgan fingerprint density at radius 1 is 0.914 bits per heavy atom. The van der Waals surface area contributed by atoms with E-state index in [2.05, 4.69) is 61.7 Å². The van der Waals surface area contributed by atoms with Crippen molar-refractivity contribution in [3.05, 3.63) is 57.0 Å². The van der Waals surface area contributed by atoms with E-state index in [0.29, 0.717) is 35.3 Å². The fraction of sp³-hybridized carbons (Fsp3) is 0.417. The lowest BCUT2D eigenvalue weighted by atomic mass is 10.2. The summed E-state index contributed by atoms with van der Waals surface area (Å²) < 4.78 is 11.4. The number of hydrogen-bond donors (Lipinski definition) is 2. The molecule has 0 aliphatic carbocycles. The summed E-state index contributed by atoms with van der Waals surface area (Å²) in [5.41, 5.74) is 13.2. The third-order valence-electron chi connectivity index (χ3n) is 5.48.